The molecule has 0 saturated carbocycles. The van der Waals surface area contributed by atoms with Crippen molar-refractivity contribution in [3.63, 3.8) is 0 Å². The topological polar surface area (TPSA) is 66.7 Å². The maximum Gasteiger partial charge on any atom is 0.267 e. The van der Waals surface area contributed by atoms with Gasteiger partial charge in [-0.15, -0.1) is 0 Å². The van der Waals surface area contributed by atoms with Gasteiger partial charge in [0.25, 0.3) is 11.5 Å². The Labute approximate surface area is 183 Å². The molecule has 0 aliphatic carbocycles. The number of aromatic nitrogens is 2. The van der Waals surface area contributed by atoms with Crippen molar-refractivity contribution in [2.75, 3.05) is 11.9 Å². The molecule has 152 valence electrons. The second-order valence-corrected chi connectivity index (χ2v) is 8.46. The van der Waals surface area contributed by atoms with E-state index in [1.807, 2.05) is 43.3 Å². The first kappa shape index (κ1) is 20.3. The summed E-state index contributed by atoms with van der Waals surface area (Å²) in [5.74, 6) is 0.272. The van der Waals surface area contributed by atoms with Gasteiger partial charge in [-0.2, -0.15) is 0 Å². The number of fused-ring (bicyclic) bond motifs is 1. The van der Waals surface area contributed by atoms with Crippen LogP contribution in [0.3, 0.4) is 0 Å². The van der Waals surface area contributed by atoms with Crippen LogP contribution in [-0.2, 0) is 11.3 Å². The SMILES string of the molecule is CCCNc1nc2ccccn2c(=O)c1/C=C1/SC(=S)N(Cc2ccccc2)C1=O. The standard InChI is InChI=1S/C22H20N4O2S2/c1-2-11-23-19-16(20(27)25-12-7-6-10-18(25)24-19)13-17-21(28)26(22(29)30-17)14-15-8-4-3-5-9-15/h3-10,12-13,23H,2,11,14H2,1H3/b17-13+. The lowest BCUT2D eigenvalue weighted by molar-refractivity contribution is -0.122. The lowest BCUT2D eigenvalue weighted by Gasteiger charge is -2.14. The van der Waals surface area contributed by atoms with E-state index in [4.69, 9.17) is 12.2 Å². The summed E-state index contributed by atoms with van der Waals surface area (Å²) >= 11 is 6.64. The van der Waals surface area contributed by atoms with E-state index in [1.54, 1.807) is 29.3 Å². The lowest BCUT2D eigenvalue weighted by atomic mass is 10.2. The number of thioether (sulfide) groups is 1. The molecule has 1 aliphatic heterocycles. The molecular formula is C22H20N4O2S2. The van der Waals surface area contributed by atoms with Gasteiger partial charge in [-0.3, -0.25) is 18.9 Å². The number of thiocarbonyl (C=S) groups is 1. The Balaban J connectivity index is 1.73. The van der Waals surface area contributed by atoms with E-state index >= 15 is 0 Å². The van der Waals surface area contributed by atoms with Crippen molar-refractivity contribution in [2.24, 2.45) is 0 Å². The fourth-order valence-electron chi connectivity index (χ4n) is 3.14. The predicted molar refractivity (Wildman–Crippen MR) is 125 cm³/mol. The maximum atomic E-state index is 13.1. The van der Waals surface area contributed by atoms with Crippen molar-refractivity contribution in [2.45, 2.75) is 19.9 Å². The first-order chi connectivity index (χ1) is 14.6. The lowest BCUT2D eigenvalue weighted by Crippen LogP contribution is -2.27. The smallest absolute Gasteiger partial charge is 0.267 e. The van der Waals surface area contributed by atoms with E-state index in [0.29, 0.717) is 39.3 Å². The zero-order valence-corrected chi connectivity index (χ0v) is 18.0. The number of nitrogens with zero attached hydrogens (tertiary/aromatic N) is 3. The van der Waals surface area contributed by atoms with E-state index in [0.717, 1.165) is 12.0 Å². The van der Waals surface area contributed by atoms with Crippen LogP contribution in [0, 0.1) is 0 Å². The number of rotatable bonds is 6. The molecule has 8 heteroatoms. The summed E-state index contributed by atoms with van der Waals surface area (Å²) in [6.07, 6.45) is 4.16. The molecule has 0 atom stereocenters. The number of hydrogen-bond donors (Lipinski definition) is 1. The molecule has 0 bridgehead atoms. The molecule has 1 amide bonds. The summed E-state index contributed by atoms with van der Waals surface area (Å²) in [7, 11) is 0. The van der Waals surface area contributed by atoms with E-state index in [1.165, 1.54) is 16.2 Å². The third-order valence-electron chi connectivity index (χ3n) is 4.64. The van der Waals surface area contributed by atoms with Gasteiger partial charge in [0, 0.05) is 12.7 Å². The van der Waals surface area contributed by atoms with Crippen LogP contribution in [0.2, 0.25) is 0 Å². The van der Waals surface area contributed by atoms with Gasteiger partial charge in [0.2, 0.25) is 0 Å². The molecule has 3 heterocycles. The Bertz CT molecular complexity index is 1200. The Hall–Kier alpha value is -2.97. The first-order valence-corrected chi connectivity index (χ1v) is 10.9. The van der Waals surface area contributed by atoms with Gasteiger partial charge in [0.05, 0.1) is 17.0 Å². The average molecular weight is 437 g/mol. The number of carbonyl (C=O) groups is 1. The molecule has 0 spiro atoms. The van der Waals surface area contributed by atoms with E-state index in [2.05, 4.69) is 10.3 Å². The number of amides is 1. The van der Waals surface area contributed by atoms with Crippen molar-refractivity contribution < 1.29 is 4.79 Å². The zero-order valence-electron chi connectivity index (χ0n) is 16.4. The Morgan fingerprint density at radius 3 is 2.67 bits per heavy atom. The summed E-state index contributed by atoms with van der Waals surface area (Å²) in [6, 6.07) is 15.1. The third kappa shape index (κ3) is 4.01. The third-order valence-corrected chi connectivity index (χ3v) is 6.02. The van der Waals surface area contributed by atoms with E-state index < -0.39 is 0 Å². The highest BCUT2D eigenvalue weighted by Crippen LogP contribution is 2.34. The minimum atomic E-state index is -0.229. The number of benzene rings is 1. The molecule has 1 N–H and O–H groups in total. The minimum Gasteiger partial charge on any atom is -0.369 e. The Kier molecular flexibility index (Phi) is 5.96. The van der Waals surface area contributed by atoms with E-state index in [-0.39, 0.29) is 11.5 Å². The molecule has 1 aliphatic rings. The van der Waals surface area contributed by atoms with Gasteiger partial charge in [0.1, 0.15) is 15.8 Å². The highest BCUT2D eigenvalue weighted by Gasteiger charge is 2.32. The molecule has 0 radical (unpaired) electrons. The summed E-state index contributed by atoms with van der Waals surface area (Å²) in [4.78, 5) is 32.7. The normalized spacial score (nSPS) is 15.4. The van der Waals surface area contributed by atoms with Gasteiger partial charge >= 0.3 is 0 Å². The van der Waals surface area contributed by atoms with Crippen molar-refractivity contribution in [1.82, 2.24) is 14.3 Å². The van der Waals surface area contributed by atoms with Crippen LogP contribution in [0.5, 0.6) is 0 Å². The second kappa shape index (κ2) is 8.81. The van der Waals surface area contributed by atoms with Gasteiger partial charge < -0.3 is 5.32 Å². The van der Waals surface area contributed by atoms with Crippen molar-refractivity contribution in [1.29, 1.82) is 0 Å². The van der Waals surface area contributed by atoms with Crippen LogP contribution in [-0.4, -0.2) is 31.1 Å². The molecule has 1 saturated heterocycles. The number of carbonyl (C=O) groups excluding carboxylic acids is 1. The fourth-order valence-corrected chi connectivity index (χ4v) is 4.38. The van der Waals surface area contributed by atoms with Crippen LogP contribution < -0.4 is 10.9 Å². The highest BCUT2D eigenvalue weighted by atomic mass is 32.2. The summed E-state index contributed by atoms with van der Waals surface area (Å²) in [6.45, 7) is 3.11. The molecule has 2 aromatic heterocycles. The monoisotopic (exact) mass is 436 g/mol. The largest absolute Gasteiger partial charge is 0.369 e. The number of pyridine rings is 1. The van der Waals surface area contributed by atoms with Crippen molar-refractivity contribution >= 4 is 51.7 Å². The maximum absolute atomic E-state index is 13.1. The van der Waals surface area contributed by atoms with Crippen LogP contribution in [0.15, 0.2) is 64.4 Å². The van der Waals surface area contributed by atoms with Crippen LogP contribution in [0.25, 0.3) is 11.7 Å². The van der Waals surface area contributed by atoms with Crippen molar-refractivity contribution in [3.8, 4) is 0 Å². The van der Waals surface area contributed by atoms with Crippen LogP contribution in [0.4, 0.5) is 5.82 Å². The molecule has 4 rings (SSSR count). The van der Waals surface area contributed by atoms with Crippen LogP contribution in [0.1, 0.15) is 24.5 Å². The quantitative estimate of drug-likeness (QED) is 0.467. The van der Waals surface area contributed by atoms with Gasteiger partial charge in [-0.05, 0) is 30.2 Å². The Morgan fingerprint density at radius 2 is 1.90 bits per heavy atom. The van der Waals surface area contributed by atoms with Gasteiger partial charge in [-0.1, -0.05) is 67.3 Å². The highest BCUT2D eigenvalue weighted by molar-refractivity contribution is 8.26. The number of hydrogen-bond acceptors (Lipinski definition) is 6. The van der Waals surface area contributed by atoms with Gasteiger partial charge in [-0.25, -0.2) is 4.98 Å². The summed E-state index contributed by atoms with van der Waals surface area (Å²) in [5, 5.41) is 3.21. The first-order valence-electron chi connectivity index (χ1n) is 9.63. The average Bonchev–Trinajstić information content (AvgIpc) is 3.02. The number of nitrogens with one attached hydrogen (secondary N) is 1. The zero-order chi connectivity index (χ0) is 21.1. The molecule has 1 fully saturated rings. The van der Waals surface area contributed by atoms with Crippen LogP contribution >= 0.6 is 24.0 Å². The molecule has 3 aromatic rings. The van der Waals surface area contributed by atoms with E-state index in [9.17, 15) is 9.59 Å². The minimum absolute atomic E-state index is 0.201. The molecular weight excluding hydrogens is 416 g/mol. The fraction of sp³-hybridized carbons (Fsp3) is 0.182. The molecule has 1 aromatic carbocycles. The molecule has 6 nitrogen and oxygen atoms in total. The van der Waals surface area contributed by atoms with Crippen molar-refractivity contribution in [3.05, 3.63) is 81.1 Å². The number of anilines is 1. The predicted octanol–water partition coefficient (Wildman–Crippen LogP) is 3.92. The summed E-state index contributed by atoms with van der Waals surface area (Å²) < 4.78 is 1.96. The summed E-state index contributed by atoms with van der Waals surface area (Å²) in [5.41, 5.74) is 1.67. The van der Waals surface area contributed by atoms with Gasteiger partial charge in [0.15, 0.2) is 0 Å². The molecule has 0 unspecified atom stereocenters. The Morgan fingerprint density at radius 1 is 1.13 bits per heavy atom. The molecule has 30 heavy (non-hydrogen) atoms. The second-order valence-electron chi connectivity index (χ2n) is 6.79.